The van der Waals surface area contributed by atoms with Crippen LogP contribution in [-0.4, -0.2) is 29.0 Å². The second kappa shape index (κ2) is 8.23. The normalized spacial score (nSPS) is 17.6. The van der Waals surface area contributed by atoms with Crippen LogP contribution in [0.3, 0.4) is 0 Å². The SMILES string of the molecule is COc1ccc(/C(O)=C2/C(=O)C(=O)N(c3cc(C)ccc3O)C2c2ccccc2)c(C)c1. The van der Waals surface area contributed by atoms with Gasteiger partial charge in [-0.2, -0.15) is 0 Å². The Labute approximate surface area is 186 Å². The zero-order valence-corrected chi connectivity index (χ0v) is 18.0. The Kier molecular flexibility index (Phi) is 5.45. The molecule has 0 aliphatic carbocycles. The second-order valence-corrected chi connectivity index (χ2v) is 7.75. The molecule has 6 nitrogen and oxygen atoms in total. The van der Waals surface area contributed by atoms with Crippen molar-refractivity contribution < 1.29 is 24.5 Å². The molecule has 1 aliphatic rings. The fourth-order valence-corrected chi connectivity index (χ4v) is 4.03. The van der Waals surface area contributed by atoms with E-state index in [0.717, 1.165) is 5.56 Å². The van der Waals surface area contributed by atoms with Gasteiger partial charge in [0.2, 0.25) is 0 Å². The number of ether oxygens (including phenoxy) is 1. The number of carbonyl (C=O) groups excluding carboxylic acids is 2. The van der Waals surface area contributed by atoms with E-state index in [1.54, 1.807) is 68.6 Å². The van der Waals surface area contributed by atoms with E-state index >= 15 is 0 Å². The van der Waals surface area contributed by atoms with Crippen LogP contribution >= 0.6 is 0 Å². The fraction of sp³-hybridized carbons (Fsp3) is 0.154. The van der Waals surface area contributed by atoms with Crippen molar-refractivity contribution in [2.24, 2.45) is 0 Å². The van der Waals surface area contributed by atoms with Crippen LogP contribution in [0.25, 0.3) is 5.76 Å². The molecule has 1 heterocycles. The number of phenolic OH excluding ortho intramolecular Hbond substituents is 1. The Balaban J connectivity index is 1.97. The van der Waals surface area contributed by atoms with Gasteiger partial charge in [0.15, 0.2) is 0 Å². The second-order valence-electron chi connectivity index (χ2n) is 7.75. The van der Waals surface area contributed by atoms with E-state index in [1.807, 2.05) is 13.0 Å². The van der Waals surface area contributed by atoms with Gasteiger partial charge in [0.05, 0.1) is 24.4 Å². The fourth-order valence-electron chi connectivity index (χ4n) is 4.03. The molecule has 3 aromatic carbocycles. The minimum Gasteiger partial charge on any atom is -0.507 e. The summed E-state index contributed by atoms with van der Waals surface area (Å²) in [6.07, 6.45) is 0. The van der Waals surface area contributed by atoms with Gasteiger partial charge in [-0.3, -0.25) is 14.5 Å². The number of rotatable bonds is 4. The number of aliphatic hydroxyl groups is 1. The summed E-state index contributed by atoms with van der Waals surface area (Å²) in [5.41, 5.74) is 2.76. The number of ketones is 1. The number of methoxy groups -OCH3 is 1. The Bertz CT molecular complexity index is 1250. The van der Waals surface area contributed by atoms with Crippen LogP contribution < -0.4 is 9.64 Å². The summed E-state index contributed by atoms with van der Waals surface area (Å²) in [5.74, 6) is -1.41. The number of carbonyl (C=O) groups is 2. The third-order valence-corrected chi connectivity index (χ3v) is 5.64. The van der Waals surface area contributed by atoms with Gasteiger partial charge in [0.25, 0.3) is 11.7 Å². The number of Topliss-reactive ketones (excluding diaryl/α,β-unsaturated/α-hetero) is 1. The van der Waals surface area contributed by atoms with Crippen LogP contribution in [0.15, 0.2) is 72.3 Å². The van der Waals surface area contributed by atoms with E-state index in [-0.39, 0.29) is 22.8 Å². The van der Waals surface area contributed by atoms with E-state index in [2.05, 4.69) is 0 Å². The first-order chi connectivity index (χ1) is 15.3. The van der Waals surface area contributed by atoms with Gasteiger partial charge < -0.3 is 14.9 Å². The van der Waals surface area contributed by atoms with Crippen LogP contribution in [0.2, 0.25) is 0 Å². The molecule has 32 heavy (non-hydrogen) atoms. The molecule has 6 heteroatoms. The molecule has 0 aromatic heterocycles. The van der Waals surface area contributed by atoms with Gasteiger partial charge in [-0.05, 0) is 60.9 Å². The highest BCUT2D eigenvalue weighted by molar-refractivity contribution is 6.52. The molecule has 1 saturated heterocycles. The molecule has 0 bridgehead atoms. The smallest absolute Gasteiger partial charge is 0.300 e. The number of anilines is 1. The van der Waals surface area contributed by atoms with Crippen molar-refractivity contribution in [1.29, 1.82) is 0 Å². The largest absolute Gasteiger partial charge is 0.507 e. The molecule has 1 aliphatic heterocycles. The van der Waals surface area contributed by atoms with Gasteiger partial charge in [-0.15, -0.1) is 0 Å². The summed E-state index contributed by atoms with van der Waals surface area (Å²) >= 11 is 0. The van der Waals surface area contributed by atoms with Crippen molar-refractivity contribution in [3.63, 3.8) is 0 Å². The molecular formula is C26H23NO5. The number of hydrogen-bond acceptors (Lipinski definition) is 5. The van der Waals surface area contributed by atoms with Crippen molar-refractivity contribution in [1.82, 2.24) is 0 Å². The van der Waals surface area contributed by atoms with Gasteiger partial charge in [0, 0.05) is 5.56 Å². The van der Waals surface area contributed by atoms with Crippen LogP contribution in [0.5, 0.6) is 11.5 Å². The Morgan fingerprint density at radius 1 is 0.969 bits per heavy atom. The molecule has 3 aromatic rings. The highest BCUT2D eigenvalue weighted by Crippen LogP contribution is 2.45. The van der Waals surface area contributed by atoms with Crippen LogP contribution in [0, 0.1) is 13.8 Å². The molecule has 1 amide bonds. The molecule has 2 N–H and O–H groups in total. The summed E-state index contributed by atoms with van der Waals surface area (Å²) in [6.45, 7) is 3.62. The number of aromatic hydroxyl groups is 1. The predicted octanol–water partition coefficient (Wildman–Crippen LogP) is 4.64. The number of phenols is 1. The Morgan fingerprint density at radius 3 is 2.34 bits per heavy atom. The zero-order chi connectivity index (χ0) is 23.0. The van der Waals surface area contributed by atoms with Gasteiger partial charge in [-0.25, -0.2) is 0 Å². The van der Waals surface area contributed by atoms with Crippen molar-refractivity contribution >= 4 is 23.1 Å². The summed E-state index contributed by atoms with van der Waals surface area (Å²) in [7, 11) is 1.55. The number of aliphatic hydroxyl groups excluding tert-OH is 1. The zero-order valence-electron chi connectivity index (χ0n) is 18.0. The maximum atomic E-state index is 13.2. The van der Waals surface area contributed by atoms with Crippen molar-refractivity contribution in [2.45, 2.75) is 19.9 Å². The Morgan fingerprint density at radius 2 is 1.69 bits per heavy atom. The number of nitrogens with zero attached hydrogens (tertiary/aromatic N) is 1. The molecule has 0 radical (unpaired) electrons. The predicted molar refractivity (Wildman–Crippen MR) is 122 cm³/mol. The van der Waals surface area contributed by atoms with Crippen LogP contribution in [0.4, 0.5) is 5.69 Å². The lowest BCUT2D eigenvalue weighted by atomic mass is 9.93. The number of hydrogen-bond donors (Lipinski definition) is 2. The van der Waals surface area contributed by atoms with E-state index < -0.39 is 17.7 Å². The first kappa shape index (κ1) is 21.2. The van der Waals surface area contributed by atoms with E-state index in [4.69, 9.17) is 4.74 Å². The lowest BCUT2D eigenvalue weighted by Crippen LogP contribution is -2.29. The first-order valence-electron chi connectivity index (χ1n) is 10.1. The molecule has 1 fully saturated rings. The summed E-state index contributed by atoms with van der Waals surface area (Å²) in [4.78, 5) is 27.6. The van der Waals surface area contributed by atoms with Gasteiger partial charge in [0.1, 0.15) is 17.3 Å². The highest BCUT2D eigenvalue weighted by Gasteiger charge is 2.47. The number of aryl methyl sites for hydroxylation is 2. The minimum atomic E-state index is -0.898. The van der Waals surface area contributed by atoms with E-state index in [1.165, 1.54) is 11.0 Å². The molecule has 4 rings (SSSR count). The third-order valence-electron chi connectivity index (χ3n) is 5.64. The summed E-state index contributed by atoms with van der Waals surface area (Å²) < 4.78 is 5.23. The maximum Gasteiger partial charge on any atom is 0.300 e. The average Bonchev–Trinajstić information content (AvgIpc) is 3.06. The highest BCUT2D eigenvalue weighted by atomic mass is 16.5. The number of amides is 1. The van der Waals surface area contributed by atoms with E-state index in [9.17, 15) is 19.8 Å². The van der Waals surface area contributed by atoms with Crippen molar-refractivity contribution in [3.8, 4) is 11.5 Å². The van der Waals surface area contributed by atoms with Crippen LogP contribution in [-0.2, 0) is 9.59 Å². The molecule has 162 valence electrons. The molecule has 0 spiro atoms. The summed E-state index contributed by atoms with van der Waals surface area (Å²) in [5, 5.41) is 21.8. The standard InChI is InChI=1S/C26H23NO5/c1-15-9-12-21(28)20(13-15)27-23(17-7-5-4-6-8-17)22(25(30)26(27)31)24(29)19-11-10-18(32-3)14-16(19)2/h4-14,23,28-29H,1-3H3/b24-22-. The molecule has 1 unspecified atom stereocenters. The van der Waals surface area contributed by atoms with Gasteiger partial charge in [-0.1, -0.05) is 36.4 Å². The molecule has 0 saturated carbocycles. The average molecular weight is 429 g/mol. The van der Waals surface area contributed by atoms with E-state index in [0.29, 0.717) is 22.4 Å². The molecule has 1 atom stereocenters. The van der Waals surface area contributed by atoms with Gasteiger partial charge >= 0.3 is 0 Å². The Hall–Kier alpha value is -4.06. The third kappa shape index (κ3) is 3.50. The van der Waals surface area contributed by atoms with Crippen LogP contribution in [0.1, 0.15) is 28.3 Å². The monoisotopic (exact) mass is 429 g/mol. The topological polar surface area (TPSA) is 87.1 Å². The van der Waals surface area contributed by atoms with Crippen molar-refractivity contribution in [3.05, 3.63) is 94.6 Å². The van der Waals surface area contributed by atoms with Crippen molar-refractivity contribution in [2.75, 3.05) is 12.0 Å². The maximum absolute atomic E-state index is 13.2. The lowest BCUT2D eigenvalue weighted by molar-refractivity contribution is -0.132. The quantitative estimate of drug-likeness (QED) is 0.358. The number of benzene rings is 3. The lowest BCUT2D eigenvalue weighted by Gasteiger charge is -2.26. The minimum absolute atomic E-state index is 0.0321. The molecular weight excluding hydrogens is 406 g/mol. The first-order valence-corrected chi connectivity index (χ1v) is 10.1. The summed E-state index contributed by atoms with van der Waals surface area (Å²) in [6, 6.07) is 18.0.